The van der Waals surface area contributed by atoms with E-state index in [1.165, 1.54) is 24.8 Å². The Morgan fingerprint density at radius 2 is 1.87 bits per heavy atom. The van der Waals surface area contributed by atoms with Crippen molar-refractivity contribution in [1.82, 2.24) is 14.9 Å². The highest BCUT2D eigenvalue weighted by Crippen LogP contribution is 2.39. The zero-order chi connectivity index (χ0) is 21.4. The van der Waals surface area contributed by atoms with Crippen LogP contribution >= 0.6 is 0 Å². The topological polar surface area (TPSA) is 60.0 Å². The van der Waals surface area contributed by atoms with Crippen LogP contribution in [-0.4, -0.2) is 55.3 Å². The van der Waals surface area contributed by atoms with Gasteiger partial charge in [0.25, 0.3) is 0 Å². The minimum absolute atomic E-state index is 0.214. The first kappa shape index (κ1) is 20.4. The molecule has 1 fully saturated rings. The summed E-state index contributed by atoms with van der Waals surface area (Å²) in [5.41, 5.74) is 3.56. The van der Waals surface area contributed by atoms with Crippen LogP contribution in [0.2, 0.25) is 0 Å². The van der Waals surface area contributed by atoms with Crippen LogP contribution in [0.1, 0.15) is 54.4 Å². The molecule has 1 saturated heterocycles. The highest BCUT2D eigenvalue weighted by molar-refractivity contribution is 5.52. The molecular weight excluding hydrogens is 392 g/mol. The summed E-state index contributed by atoms with van der Waals surface area (Å²) in [5, 5.41) is 0. The second kappa shape index (κ2) is 8.54. The van der Waals surface area contributed by atoms with E-state index in [2.05, 4.69) is 29.8 Å². The summed E-state index contributed by atoms with van der Waals surface area (Å²) in [5.74, 6) is 4.49. The first-order valence-electron chi connectivity index (χ1n) is 11.4. The van der Waals surface area contributed by atoms with Gasteiger partial charge in [0.2, 0.25) is 0 Å². The van der Waals surface area contributed by atoms with Crippen molar-refractivity contribution in [3.63, 3.8) is 0 Å². The summed E-state index contributed by atoms with van der Waals surface area (Å²) in [4.78, 5) is 14.9. The maximum absolute atomic E-state index is 5.82. The molecule has 1 aromatic heterocycles. The molecule has 1 aromatic carbocycles. The van der Waals surface area contributed by atoms with Crippen LogP contribution in [0.3, 0.4) is 0 Å². The Labute approximate surface area is 184 Å². The van der Waals surface area contributed by atoms with Crippen molar-refractivity contribution in [3.05, 3.63) is 34.8 Å². The quantitative estimate of drug-likeness (QED) is 0.742. The van der Waals surface area contributed by atoms with Crippen molar-refractivity contribution < 1.29 is 14.2 Å². The van der Waals surface area contributed by atoms with Crippen LogP contribution in [0.15, 0.2) is 12.1 Å². The molecule has 0 N–H and O–H groups in total. The number of aryl methyl sites for hydroxylation is 1. The molecule has 4 heterocycles. The molecular formula is C24H32N4O3. The van der Waals surface area contributed by atoms with Crippen molar-refractivity contribution in [2.75, 3.05) is 45.4 Å². The van der Waals surface area contributed by atoms with Gasteiger partial charge >= 0.3 is 0 Å². The maximum Gasteiger partial charge on any atom is 0.165 e. The van der Waals surface area contributed by atoms with Gasteiger partial charge in [-0.1, -0.05) is 6.42 Å². The van der Waals surface area contributed by atoms with E-state index < -0.39 is 0 Å². The van der Waals surface area contributed by atoms with Gasteiger partial charge in [0, 0.05) is 43.0 Å². The minimum atomic E-state index is 0.214. The van der Waals surface area contributed by atoms with Crippen LogP contribution in [-0.2, 0) is 13.0 Å². The fourth-order valence-corrected chi connectivity index (χ4v) is 5.08. The molecule has 0 spiro atoms. The van der Waals surface area contributed by atoms with Crippen molar-refractivity contribution >= 4 is 5.82 Å². The van der Waals surface area contributed by atoms with E-state index >= 15 is 0 Å². The van der Waals surface area contributed by atoms with Crippen LogP contribution in [0.4, 0.5) is 5.82 Å². The van der Waals surface area contributed by atoms with Crippen molar-refractivity contribution in [1.29, 1.82) is 0 Å². The Morgan fingerprint density at radius 3 is 2.68 bits per heavy atom. The number of aromatic nitrogens is 2. The van der Waals surface area contributed by atoms with Gasteiger partial charge in [-0.3, -0.25) is 4.90 Å². The fraction of sp³-hybridized carbons (Fsp3) is 0.583. The number of hydrogen-bond acceptors (Lipinski definition) is 7. The second-order valence-electron chi connectivity index (χ2n) is 8.78. The molecule has 31 heavy (non-hydrogen) atoms. The molecule has 5 rings (SSSR count). The first-order chi connectivity index (χ1) is 15.1. The van der Waals surface area contributed by atoms with Gasteiger partial charge in [-0.05, 0) is 45.2 Å². The Hall–Kier alpha value is -2.54. The standard InChI is InChI=1S/C24H32N4O3/c1-16-18-7-6-9-27(2)24(18)26-23(25-16)19-8-4-5-10-28(19)15-17-13-21-22(14-20(17)29-3)31-12-11-30-21/h13-14,19H,4-12,15H2,1-3H3/t19-/m0/s1. The summed E-state index contributed by atoms with van der Waals surface area (Å²) in [6.07, 6.45) is 5.72. The molecule has 3 aliphatic heterocycles. The predicted octanol–water partition coefficient (Wildman–Crippen LogP) is 3.67. The zero-order valence-electron chi connectivity index (χ0n) is 18.8. The van der Waals surface area contributed by atoms with Crippen molar-refractivity contribution in [3.8, 4) is 17.2 Å². The smallest absolute Gasteiger partial charge is 0.165 e. The predicted molar refractivity (Wildman–Crippen MR) is 119 cm³/mol. The van der Waals surface area contributed by atoms with Gasteiger partial charge in [-0.25, -0.2) is 9.97 Å². The molecule has 3 aliphatic rings. The summed E-state index contributed by atoms with van der Waals surface area (Å²) in [6, 6.07) is 4.24. The Bertz CT molecular complexity index is 964. The molecule has 2 aromatic rings. The second-order valence-corrected chi connectivity index (χ2v) is 8.78. The monoisotopic (exact) mass is 424 g/mol. The number of rotatable bonds is 4. The molecule has 7 heteroatoms. The van der Waals surface area contributed by atoms with Gasteiger partial charge < -0.3 is 19.1 Å². The number of benzene rings is 1. The number of ether oxygens (including phenoxy) is 3. The van der Waals surface area contributed by atoms with Gasteiger partial charge in [0.15, 0.2) is 11.5 Å². The summed E-state index contributed by atoms with van der Waals surface area (Å²) in [7, 11) is 3.86. The lowest BCUT2D eigenvalue weighted by atomic mass is 9.98. The van der Waals surface area contributed by atoms with Crippen LogP contribution < -0.4 is 19.1 Å². The number of anilines is 1. The number of likely N-dealkylation sites (tertiary alicyclic amines) is 1. The molecule has 0 amide bonds. The highest BCUT2D eigenvalue weighted by Gasteiger charge is 2.30. The minimum Gasteiger partial charge on any atom is -0.496 e. The molecule has 166 valence electrons. The Balaban J connectivity index is 1.46. The maximum atomic E-state index is 5.82. The normalized spacial score (nSPS) is 21.0. The largest absolute Gasteiger partial charge is 0.496 e. The highest BCUT2D eigenvalue weighted by atomic mass is 16.6. The van der Waals surface area contributed by atoms with Crippen LogP contribution in [0.25, 0.3) is 0 Å². The number of hydrogen-bond donors (Lipinski definition) is 0. The van der Waals surface area contributed by atoms with Gasteiger partial charge in [0.1, 0.15) is 30.6 Å². The van der Waals surface area contributed by atoms with Crippen LogP contribution in [0.5, 0.6) is 17.2 Å². The molecule has 0 aliphatic carbocycles. The van der Waals surface area contributed by atoms with E-state index in [9.17, 15) is 0 Å². The summed E-state index contributed by atoms with van der Waals surface area (Å²) < 4.78 is 17.3. The van der Waals surface area contributed by atoms with E-state index in [4.69, 9.17) is 24.2 Å². The third-order valence-electron chi connectivity index (χ3n) is 6.72. The average Bonchev–Trinajstić information content (AvgIpc) is 2.79. The van der Waals surface area contributed by atoms with E-state index in [-0.39, 0.29) is 6.04 Å². The van der Waals surface area contributed by atoms with E-state index in [1.54, 1.807) is 7.11 Å². The lowest BCUT2D eigenvalue weighted by Crippen LogP contribution is -2.35. The third kappa shape index (κ3) is 3.91. The van der Waals surface area contributed by atoms with Gasteiger partial charge in [0.05, 0.1) is 13.2 Å². The first-order valence-corrected chi connectivity index (χ1v) is 11.4. The van der Waals surface area contributed by atoms with Gasteiger partial charge in [-0.15, -0.1) is 0 Å². The SMILES string of the molecule is COc1cc2c(cc1CN1CCCC[C@H]1c1nc(C)c3c(n1)N(C)CCC3)OCCO2. The van der Waals surface area contributed by atoms with Crippen LogP contribution in [0, 0.1) is 6.92 Å². The zero-order valence-corrected chi connectivity index (χ0v) is 18.8. The lowest BCUT2D eigenvalue weighted by molar-refractivity contribution is 0.131. The molecule has 7 nitrogen and oxygen atoms in total. The molecule has 0 unspecified atom stereocenters. The number of piperidine rings is 1. The number of methoxy groups -OCH3 is 1. The molecule has 0 saturated carbocycles. The molecule has 0 bridgehead atoms. The van der Waals surface area contributed by atoms with E-state index in [0.717, 1.165) is 72.6 Å². The van der Waals surface area contributed by atoms with Crippen molar-refractivity contribution in [2.24, 2.45) is 0 Å². The summed E-state index contributed by atoms with van der Waals surface area (Å²) in [6.45, 7) is 6.16. The van der Waals surface area contributed by atoms with Gasteiger partial charge in [-0.2, -0.15) is 0 Å². The fourth-order valence-electron chi connectivity index (χ4n) is 5.08. The summed E-state index contributed by atoms with van der Waals surface area (Å²) >= 11 is 0. The number of fused-ring (bicyclic) bond motifs is 2. The Kier molecular flexibility index (Phi) is 5.61. The lowest BCUT2D eigenvalue weighted by Gasteiger charge is -2.36. The Morgan fingerprint density at radius 1 is 1.06 bits per heavy atom. The number of nitrogens with zero attached hydrogens (tertiary/aromatic N) is 4. The average molecular weight is 425 g/mol. The molecule has 1 atom stereocenters. The van der Waals surface area contributed by atoms with E-state index in [1.807, 2.05) is 6.07 Å². The van der Waals surface area contributed by atoms with E-state index in [0.29, 0.717) is 13.2 Å². The third-order valence-corrected chi connectivity index (χ3v) is 6.72. The molecule has 0 radical (unpaired) electrons. The van der Waals surface area contributed by atoms with Crippen molar-refractivity contribution in [2.45, 2.75) is 51.6 Å².